The average molecular weight is 415 g/mol. The third-order valence-corrected chi connectivity index (χ3v) is 6.84. The Morgan fingerprint density at radius 1 is 1.03 bits per heavy atom. The molecule has 3 rings (SSSR count). The van der Waals surface area contributed by atoms with E-state index in [0.29, 0.717) is 24.4 Å². The average Bonchev–Trinajstić information content (AvgIpc) is 3.27. The van der Waals surface area contributed by atoms with E-state index in [1.165, 1.54) is 4.31 Å². The number of nitrogens with zero attached hydrogens (tertiary/aromatic N) is 3. The molecule has 2 aromatic carbocycles. The van der Waals surface area contributed by atoms with Gasteiger partial charge in [0.05, 0.1) is 10.6 Å². The van der Waals surface area contributed by atoms with Gasteiger partial charge in [-0.05, 0) is 55.7 Å². The maximum absolute atomic E-state index is 12.6. The van der Waals surface area contributed by atoms with Crippen molar-refractivity contribution in [3.8, 4) is 0 Å². The second kappa shape index (κ2) is 8.75. The van der Waals surface area contributed by atoms with Crippen LogP contribution in [0.25, 0.3) is 0 Å². The van der Waals surface area contributed by atoms with Crippen LogP contribution in [0.4, 0.5) is 5.69 Å². The van der Waals surface area contributed by atoms with Crippen molar-refractivity contribution in [3.05, 3.63) is 59.7 Å². The van der Waals surface area contributed by atoms with E-state index in [2.05, 4.69) is 10.5 Å². The zero-order valence-electron chi connectivity index (χ0n) is 16.9. The molecule has 1 amide bonds. The third-order valence-electron chi connectivity index (χ3n) is 4.92. The quantitative estimate of drug-likeness (QED) is 0.582. The van der Waals surface area contributed by atoms with Gasteiger partial charge in [0, 0.05) is 38.4 Å². The molecule has 29 heavy (non-hydrogen) atoms. The highest BCUT2D eigenvalue weighted by Gasteiger charge is 2.26. The first-order valence-corrected chi connectivity index (χ1v) is 11.0. The number of carbonyl (C=O) groups excluding carboxylic acids is 1. The van der Waals surface area contributed by atoms with E-state index in [1.807, 2.05) is 31.1 Å². The Kier molecular flexibility index (Phi) is 6.34. The lowest BCUT2D eigenvalue weighted by Crippen LogP contribution is -2.27. The van der Waals surface area contributed by atoms with E-state index < -0.39 is 10.0 Å². The number of amides is 1. The van der Waals surface area contributed by atoms with Crippen LogP contribution in [0.15, 0.2) is 58.5 Å². The summed E-state index contributed by atoms with van der Waals surface area (Å²) >= 11 is 0. The molecule has 0 radical (unpaired) electrons. The Balaban J connectivity index is 1.70. The molecule has 1 aliphatic rings. The Hall–Kier alpha value is -2.71. The summed E-state index contributed by atoms with van der Waals surface area (Å²) in [6, 6.07) is 13.8. The molecule has 2 aromatic rings. The minimum atomic E-state index is -3.43. The van der Waals surface area contributed by atoms with Crippen molar-refractivity contribution in [2.75, 3.05) is 32.1 Å². The van der Waals surface area contributed by atoms with Crippen LogP contribution in [0.3, 0.4) is 0 Å². The van der Waals surface area contributed by atoms with Gasteiger partial charge in [0.2, 0.25) is 10.0 Å². The van der Waals surface area contributed by atoms with Crippen LogP contribution in [0.5, 0.6) is 0 Å². The number of sulfonamides is 1. The van der Waals surface area contributed by atoms with Crippen LogP contribution in [0, 0.1) is 0 Å². The van der Waals surface area contributed by atoms with Gasteiger partial charge in [-0.3, -0.25) is 4.79 Å². The van der Waals surface area contributed by atoms with E-state index in [1.54, 1.807) is 43.3 Å². The molecular formula is C21H26N4O3S. The molecule has 0 bridgehead atoms. The van der Waals surface area contributed by atoms with E-state index >= 15 is 0 Å². The molecular weight excluding hydrogens is 388 g/mol. The van der Waals surface area contributed by atoms with Gasteiger partial charge in [0.15, 0.2) is 0 Å². The van der Waals surface area contributed by atoms with Crippen molar-refractivity contribution in [2.24, 2.45) is 5.10 Å². The minimum absolute atomic E-state index is 0.278. The molecule has 7 nitrogen and oxygen atoms in total. The molecule has 0 spiro atoms. The Bertz CT molecular complexity index is 1010. The highest BCUT2D eigenvalue weighted by molar-refractivity contribution is 7.89. The van der Waals surface area contributed by atoms with Crippen molar-refractivity contribution in [2.45, 2.75) is 24.7 Å². The second-order valence-corrected chi connectivity index (χ2v) is 9.16. The van der Waals surface area contributed by atoms with E-state index in [-0.39, 0.29) is 10.8 Å². The SMILES string of the molecule is C/C(=N\NC(=O)c1cccc(N(C)C)c1)c1ccc(S(=O)(=O)N2CCCC2)cc1. The van der Waals surface area contributed by atoms with Crippen molar-refractivity contribution in [1.82, 2.24) is 9.73 Å². The van der Waals surface area contributed by atoms with E-state index in [0.717, 1.165) is 24.1 Å². The van der Waals surface area contributed by atoms with Gasteiger partial charge in [0.25, 0.3) is 5.91 Å². The van der Waals surface area contributed by atoms with Gasteiger partial charge in [-0.15, -0.1) is 0 Å². The first kappa shape index (κ1) is 21.0. The largest absolute Gasteiger partial charge is 0.378 e. The number of hydrazone groups is 1. The second-order valence-electron chi connectivity index (χ2n) is 7.22. The number of benzene rings is 2. The summed E-state index contributed by atoms with van der Waals surface area (Å²) in [5, 5.41) is 4.16. The summed E-state index contributed by atoms with van der Waals surface area (Å²) < 4.78 is 26.7. The summed E-state index contributed by atoms with van der Waals surface area (Å²) in [6.07, 6.45) is 1.81. The molecule has 1 saturated heterocycles. The third kappa shape index (κ3) is 4.83. The maximum Gasteiger partial charge on any atom is 0.271 e. The van der Waals surface area contributed by atoms with E-state index in [9.17, 15) is 13.2 Å². The Morgan fingerprint density at radius 3 is 2.31 bits per heavy atom. The predicted octanol–water partition coefficient (Wildman–Crippen LogP) is 2.69. The topological polar surface area (TPSA) is 82.1 Å². The fourth-order valence-corrected chi connectivity index (χ4v) is 4.65. The van der Waals surface area contributed by atoms with Gasteiger partial charge in [-0.1, -0.05) is 18.2 Å². The minimum Gasteiger partial charge on any atom is -0.378 e. The number of hydrogen-bond acceptors (Lipinski definition) is 5. The first-order valence-electron chi connectivity index (χ1n) is 9.51. The first-order chi connectivity index (χ1) is 13.8. The maximum atomic E-state index is 12.6. The smallest absolute Gasteiger partial charge is 0.271 e. The molecule has 154 valence electrons. The lowest BCUT2D eigenvalue weighted by molar-refractivity contribution is 0.0955. The molecule has 0 aromatic heterocycles. The number of rotatable bonds is 6. The fraction of sp³-hybridized carbons (Fsp3) is 0.333. The van der Waals surface area contributed by atoms with Gasteiger partial charge in [0.1, 0.15) is 0 Å². The molecule has 0 aliphatic carbocycles. The van der Waals surface area contributed by atoms with Crippen LogP contribution >= 0.6 is 0 Å². The lowest BCUT2D eigenvalue weighted by Gasteiger charge is -2.15. The number of anilines is 1. The van der Waals surface area contributed by atoms with Crippen LogP contribution in [0.2, 0.25) is 0 Å². The summed E-state index contributed by atoms with van der Waals surface area (Å²) in [6.45, 7) is 2.91. The molecule has 1 N–H and O–H groups in total. The van der Waals surface area contributed by atoms with Crippen LogP contribution in [0.1, 0.15) is 35.7 Å². The highest BCUT2D eigenvalue weighted by atomic mass is 32.2. The Labute approximate surface area is 172 Å². The monoisotopic (exact) mass is 414 g/mol. The van der Waals surface area contributed by atoms with Crippen molar-refractivity contribution >= 4 is 27.3 Å². The van der Waals surface area contributed by atoms with Crippen molar-refractivity contribution < 1.29 is 13.2 Å². The summed E-state index contributed by atoms with van der Waals surface area (Å²) in [7, 11) is 0.385. The Morgan fingerprint density at radius 2 is 1.69 bits per heavy atom. The normalized spacial score (nSPS) is 15.3. The summed E-state index contributed by atoms with van der Waals surface area (Å²) in [4.78, 5) is 14.6. The van der Waals surface area contributed by atoms with E-state index in [4.69, 9.17) is 0 Å². The fourth-order valence-electron chi connectivity index (χ4n) is 3.13. The molecule has 1 aliphatic heterocycles. The molecule has 0 saturated carbocycles. The lowest BCUT2D eigenvalue weighted by atomic mass is 10.1. The number of nitrogens with one attached hydrogen (secondary N) is 1. The highest BCUT2D eigenvalue weighted by Crippen LogP contribution is 2.21. The molecule has 1 heterocycles. The molecule has 0 atom stereocenters. The van der Waals surface area contributed by atoms with Crippen LogP contribution in [-0.2, 0) is 10.0 Å². The van der Waals surface area contributed by atoms with Crippen molar-refractivity contribution in [3.63, 3.8) is 0 Å². The summed E-state index contributed by atoms with van der Waals surface area (Å²) in [5.41, 5.74) is 5.33. The zero-order valence-corrected chi connectivity index (χ0v) is 17.7. The number of carbonyl (C=O) groups is 1. The van der Waals surface area contributed by atoms with Gasteiger partial charge in [-0.2, -0.15) is 9.41 Å². The molecule has 1 fully saturated rings. The molecule has 8 heteroatoms. The zero-order chi connectivity index (χ0) is 21.0. The van der Waals surface area contributed by atoms with Gasteiger partial charge in [-0.25, -0.2) is 13.8 Å². The van der Waals surface area contributed by atoms with Gasteiger partial charge >= 0.3 is 0 Å². The van der Waals surface area contributed by atoms with Crippen LogP contribution in [-0.4, -0.2) is 51.5 Å². The number of hydrogen-bond donors (Lipinski definition) is 1. The standard InChI is InChI=1S/C21H26N4O3S/c1-16(22-23-21(26)18-7-6-8-19(15-18)24(2)3)17-9-11-20(12-10-17)29(27,28)25-13-4-5-14-25/h6-12,15H,4-5,13-14H2,1-3H3,(H,23,26)/b22-16+. The predicted molar refractivity (Wildman–Crippen MR) is 115 cm³/mol. The summed E-state index contributed by atoms with van der Waals surface area (Å²) in [5.74, 6) is -0.304. The van der Waals surface area contributed by atoms with Crippen LogP contribution < -0.4 is 10.3 Å². The van der Waals surface area contributed by atoms with Gasteiger partial charge < -0.3 is 4.90 Å². The molecule has 0 unspecified atom stereocenters. The van der Waals surface area contributed by atoms with Crippen molar-refractivity contribution in [1.29, 1.82) is 0 Å².